The van der Waals surface area contributed by atoms with Crippen molar-refractivity contribution in [2.24, 2.45) is 11.7 Å². The van der Waals surface area contributed by atoms with Gasteiger partial charge in [0.25, 0.3) is 0 Å². The number of halogens is 6. The Morgan fingerprint density at radius 1 is 1.08 bits per heavy atom. The second kappa shape index (κ2) is 6.92. The van der Waals surface area contributed by atoms with Crippen LogP contribution in [0.5, 0.6) is 0 Å². The van der Waals surface area contributed by atoms with Crippen molar-refractivity contribution in [1.82, 2.24) is 4.90 Å². The first-order valence-electron chi connectivity index (χ1n) is 7.76. The first-order valence-corrected chi connectivity index (χ1v) is 7.76. The highest BCUT2D eigenvalue weighted by Gasteiger charge is 2.37. The van der Waals surface area contributed by atoms with E-state index < -0.39 is 29.5 Å². The monoisotopic (exact) mass is 354 g/mol. The van der Waals surface area contributed by atoms with Gasteiger partial charge in [-0.3, -0.25) is 4.90 Å². The summed E-state index contributed by atoms with van der Waals surface area (Å²) in [5, 5.41) is 0. The first-order chi connectivity index (χ1) is 11.0. The maximum atomic E-state index is 13.0. The fourth-order valence-electron chi connectivity index (χ4n) is 3.07. The molecule has 0 bridgehead atoms. The molecule has 2 unspecified atom stereocenters. The summed E-state index contributed by atoms with van der Waals surface area (Å²) < 4.78 is 77.8. The predicted octanol–water partition coefficient (Wildman–Crippen LogP) is 4.46. The van der Waals surface area contributed by atoms with E-state index in [-0.39, 0.29) is 17.5 Å². The molecule has 1 aromatic rings. The molecule has 1 aromatic carbocycles. The molecule has 0 spiro atoms. The number of hydrogen-bond donors (Lipinski definition) is 1. The molecule has 0 radical (unpaired) electrons. The quantitative estimate of drug-likeness (QED) is 0.813. The molecule has 8 heteroatoms. The average Bonchev–Trinajstić information content (AvgIpc) is 2.52. The van der Waals surface area contributed by atoms with Crippen LogP contribution in [0.25, 0.3) is 0 Å². The van der Waals surface area contributed by atoms with Gasteiger partial charge in [0.1, 0.15) is 0 Å². The van der Waals surface area contributed by atoms with Crippen molar-refractivity contribution in [3.05, 3.63) is 34.9 Å². The molecule has 1 saturated heterocycles. The Kier molecular flexibility index (Phi) is 5.49. The largest absolute Gasteiger partial charge is 0.416 e. The molecular weight excluding hydrogens is 334 g/mol. The molecule has 136 valence electrons. The van der Waals surface area contributed by atoms with Gasteiger partial charge in [-0.1, -0.05) is 0 Å². The summed E-state index contributed by atoms with van der Waals surface area (Å²) in [6, 6.07) is 1.25. The number of nitrogens with two attached hydrogens (primary N) is 1. The van der Waals surface area contributed by atoms with Crippen molar-refractivity contribution in [3.63, 3.8) is 0 Å². The highest BCUT2D eigenvalue weighted by Crippen LogP contribution is 2.38. The first kappa shape index (κ1) is 19.1. The van der Waals surface area contributed by atoms with Gasteiger partial charge in [0.15, 0.2) is 0 Å². The number of benzene rings is 1. The second-order valence-corrected chi connectivity index (χ2v) is 6.25. The number of hydrogen-bond acceptors (Lipinski definition) is 2. The summed E-state index contributed by atoms with van der Waals surface area (Å²) in [6.07, 6.45) is -7.89. The maximum absolute atomic E-state index is 13.0. The van der Waals surface area contributed by atoms with Crippen molar-refractivity contribution >= 4 is 0 Å². The summed E-state index contributed by atoms with van der Waals surface area (Å²) in [6.45, 7) is 3.30. The van der Waals surface area contributed by atoms with Crippen LogP contribution in [0, 0.1) is 5.92 Å². The van der Waals surface area contributed by atoms with E-state index in [4.69, 9.17) is 5.73 Å². The minimum absolute atomic E-state index is 0.0230. The molecule has 0 amide bonds. The highest BCUT2D eigenvalue weighted by molar-refractivity contribution is 5.35. The molecular formula is C16H20F6N2. The van der Waals surface area contributed by atoms with Crippen molar-refractivity contribution in [2.45, 2.75) is 38.2 Å². The van der Waals surface area contributed by atoms with Crippen molar-refractivity contribution < 1.29 is 26.3 Å². The van der Waals surface area contributed by atoms with Crippen LogP contribution in [0.1, 0.15) is 42.5 Å². The molecule has 2 nitrogen and oxygen atoms in total. The molecule has 2 rings (SSSR count). The summed E-state index contributed by atoms with van der Waals surface area (Å²) >= 11 is 0. The Hall–Kier alpha value is -1.28. The van der Waals surface area contributed by atoms with Crippen LogP contribution in [0.3, 0.4) is 0 Å². The van der Waals surface area contributed by atoms with Gasteiger partial charge in [0, 0.05) is 12.6 Å². The number of alkyl halides is 6. The van der Waals surface area contributed by atoms with E-state index in [9.17, 15) is 26.3 Å². The van der Waals surface area contributed by atoms with E-state index in [2.05, 4.69) is 0 Å². The van der Waals surface area contributed by atoms with Gasteiger partial charge in [0.2, 0.25) is 0 Å². The van der Waals surface area contributed by atoms with E-state index in [1.165, 1.54) is 0 Å². The Labute approximate surface area is 136 Å². The van der Waals surface area contributed by atoms with Gasteiger partial charge in [-0.2, -0.15) is 26.3 Å². The van der Waals surface area contributed by atoms with E-state index in [1.807, 2.05) is 4.90 Å². The lowest BCUT2D eigenvalue weighted by atomic mass is 9.94. The van der Waals surface area contributed by atoms with E-state index in [0.29, 0.717) is 19.6 Å². The van der Waals surface area contributed by atoms with E-state index >= 15 is 0 Å². The molecule has 0 aromatic heterocycles. The normalized spacial score (nSPS) is 21.8. The van der Waals surface area contributed by atoms with Crippen molar-refractivity contribution in [1.29, 1.82) is 0 Å². The fraction of sp³-hybridized carbons (Fsp3) is 0.625. The standard InChI is InChI=1S/C16H20F6N2/c1-10(24-4-2-3-11(8-23)9-24)12-5-13(15(17,18)19)7-14(6-12)16(20,21)22/h5-7,10-11H,2-4,8-9,23H2,1H3. The van der Waals surface area contributed by atoms with Crippen LogP contribution in [-0.4, -0.2) is 24.5 Å². The third kappa shape index (κ3) is 4.42. The summed E-state index contributed by atoms with van der Waals surface area (Å²) in [7, 11) is 0. The second-order valence-electron chi connectivity index (χ2n) is 6.25. The Bertz CT molecular complexity index is 534. The lowest BCUT2D eigenvalue weighted by Gasteiger charge is -2.37. The number of piperidine rings is 1. The summed E-state index contributed by atoms with van der Waals surface area (Å²) in [5.41, 5.74) is 3.12. The molecule has 2 atom stereocenters. The smallest absolute Gasteiger partial charge is 0.330 e. The van der Waals surface area contributed by atoms with E-state index in [1.54, 1.807) is 6.92 Å². The Balaban J connectivity index is 2.37. The van der Waals surface area contributed by atoms with Crippen molar-refractivity contribution in [3.8, 4) is 0 Å². The molecule has 0 aliphatic carbocycles. The van der Waals surface area contributed by atoms with Crippen LogP contribution >= 0.6 is 0 Å². The van der Waals surface area contributed by atoms with Crippen LogP contribution < -0.4 is 5.73 Å². The lowest BCUT2D eigenvalue weighted by Crippen LogP contribution is -2.39. The van der Waals surface area contributed by atoms with Gasteiger partial charge in [-0.25, -0.2) is 0 Å². The van der Waals surface area contributed by atoms with Gasteiger partial charge >= 0.3 is 12.4 Å². The predicted molar refractivity (Wildman–Crippen MR) is 78.2 cm³/mol. The lowest BCUT2D eigenvalue weighted by molar-refractivity contribution is -0.143. The third-order valence-electron chi connectivity index (χ3n) is 4.52. The molecule has 2 N–H and O–H groups in total. The molecule has 1 heterocycles. The van der Waals surface area contributed by atoms with Gasteiger partial charge < -0.3 is 5.73 Å². The number of likely N-dealkylation sites (tertiary alicyclic amines) is 1. The zero-order valence-electron chi connectivity index (χ0n) is 13.2. The van der Waals surface area contributed by atoms with E-state index in [0.717, 1.165) is 25.0 Å². The van der Waals surface area contributed by atoms with Gasteiger partial charge in [0.05, 0.1) is 11.1 Å². The molecule has 24 heavy (non-hydrogen) atoms. The van der Waals surface area contributed by atoms with Crippen LogP contribution in [-0.2, 0) is 12.4 Å². The number of nitrogens with zero attached hydrogens (tertiary/aromatic N) is 1. The van der Waals surface area contributed by atoms with Crippen LogP contribution in [0.4, 0.5) is 26.3 Å². The average molecular weight is 354 g/mol. The fourth-order valence-corrected chi connectivity index (χ4v) is 3.07. The number of rotatable bonds is 3. The Morgan fingerprint density at radius 3 is 2.08 bits per heavy atom. The highest BCUT2D eigenvalue weighted by atomic mass is 19.4. The SMILES string of the molecule is CC(c1cc(C(F)(F)F)cc(C(F)(F)F)c1)N1CCCC(CN)C1. The zero-order valence-corrected chi connectivity index (χ0v) is 13.2. The molecule has 1 aliphatic rings. The van der Waals surface area contributed by atoms with Gasteiger partial charge in [-0.05, 0) is 62.5 Å². The zero-order chi connectivity index (χ0) is 18.1. The van der Waals surface area contributed by atoms with Crippen LogP contribution in [0.2, 0.25) is 0 Å². The maximum Gasteiger partial charge on any atom is 0.416 e. The van der Waals surface area contributed by atoms with Gasteiger partial charge in [-0.15, -0.1) is 0 Å². The van der Waals surface area contributed by atoms with Crippen LogP contribution in [0.15, 0.2) is 18.2 Å². The Morgan fingerprint density at radius 2 is 1.62 bits per heavy atom. The third-order valence-corrected chi connectivity index (χ3v) is 4.52. The minimum atomic E-state index is -4.82. The molecule has 1 fully saturated rings. The summed E-state index contributed by atoms with van der Waals surface area (Å²) in [5.74, 6) is 0.217. The molecule has 0 saturated carbocycles. The topological polar surface area (TPSA) is 29.3 Å². The summed E-state index contributed by atoms with van der Waals surface area (Å²) in [4.78, 5) is 1.90. The van der Waals surface area contributed by atoms with Crippen molar-refractivity contribution in [2.75, 3.05) is 19.6 Å². The minimum Gasteiger partial charge on any atom is -0.330 e. The molecule has 1 aliphatic heterocycles.